The molecule has 1 saturated heterocycles. The second-order valence-electron chi connectivity index (χ2n) is 7.07. The van der Waals surface area contributed by atoms with Crippen LogP contribution in [0.25, 0.3) is 0 Å². The molecule has 2 atom stereocenters. The number of piperidine rings is 1. The molecule has 1 heterocycles. The minimum atomic E-state index is -0.141. The summed E-state index contributed by atoms with van der Waals surface area (Å²) in [5.74, 6) is 0.0514. The molecule has 0 radical (unpaired) electrons. The lowest BCUT2D eigenvalue weighted by Crippen LogP contribution is -2.56. The number of hydrogen-bond donors (Lipinski definition) is 2. The van der Waals surface area contributed by atoms with Crippen molar-refractivity contribution in [3.8, 4) is 0 Å². The monoisotopic (exact) mass is 339 g/mol. The number of carbonyl (C=O) groups excluding carboxylic acids is 1. The third-order valence-electron chi connectivity index (χ3n) is 4.90. The number of carbonyl (C=O) groups is 1. The van der Waals surface area contributed by atoms with Gasteiger partial charge in [0.25, 0.3) is 0 Å². The molecule has 1 aromatic rings. The summed E-state index contributed by atoms with van der Waals surface area (Å²) in [6.07, 6.45) is 1.95. The maximum absolute atomic E-state index is 12.5. The second kappa shape index (κ2) is 8.13. The molecule has 1 aromatic carbocycles. The Morgan fingerprint density at radius 3 is 2.52 bits per heavy atom. The van der Waals surface area contributed by atoms with Gasteiger partial charge >= 0.3 is 0 Å². The van der Waals surface area contributed by atoms with Gasteiger partial charge in [-0.2, -0.15) is 0 Å². The number of amides is 1. The van der Waals surface area contributed by atoms with Gasteiger partial charge in [0.15, 0.2) is 0 Å². The summed E-state index contributed by atoms with van der Waals surface area (Å²) in [6, 6.07) is 8.13. The smallest absolute Gasteiger partial charge is 0.241 e. The van der Waals surface area contributed by atoms with Crippen LogP contribution in [0, 0.1) is 5.41 Å². The molecule has 0 aromatic heterocycles. The van der Waals surface area contributed by atoms with Crippen molar-refractivity contribution in [2.45, 2.75) is 52.6 Å². The SMILES string of the molecule is CCc1ccc(NC(=O)C(C)N2CCC(N)C(C)(C)C2)cc1.Cl. The zero-order valence-electron chi connectivity index (χ0n) is 14.6. The van der Waals surface area contributed by atoms with Gasteiger partial charge in [-0.3, -0.25) is 9.69 Å². The Balaban J connectivity index is 0.00000264. The van der Waals surface area contributed by atoms with Crippen molar-refractivity contribution in [2.24, 2.45) is 11.1 Å². The number of likely N-dealkylation sites (tertiary alicyclic amines) is 1. The topological polar surface area (TPSA) is 58.4 Å². The van der Waals surface area contributed by atoms with Crippen molar-refractivity contribution in [1.29, 1.82) is 0 Å². The average Bonchev–Trinajstić information content (AvgIpc) is 2.50. The Bertz CT molecular complexity index is 516. The molecular formula is C18H30ClN3O. The molecule has 3 N–H and O–H groups in total. The molecular weight excluding hydrogens is 310 g/mol. The number of halogens is 1. The molecule has 1 fully saturated rings. The van der Waals surface area contributed by atoms with E-state index in [-0.39, 0.29) is 35.8 Å². The van der Waals surface area contributed by atoms with E-state index in [9.17, 15) is 4.79 Å². The molecule has 5 heteroatoms. The number of aryl methyl sites for hydroxylation is 1. The van der Waals surface area contributed by atoms with Crippen LogP contribution >= 0.6 is 12.4 Å². The molecule has 0 bridgehead atoms. The van der Waals surface area contributed by atoms with Crippen LogP contribution in [0.5, 0.6) is 0 Å². The molecule has 130 valence electrons. The minimum absolute atomic E-state index is 0. The zero-order chi connectivity index (χ0) is 16.3. The van der Waals surface area contributed by atoms with E-state index in [1.54, 1.807) is 0 Å². The highest BCUT2D eigenvalue weighted by molar-refractivity contribution is 5.94. The maximum atomic E-state index is 12.5. The van der Waals surface area contributed by atoms with Gasteiger partial charge in [0.05, 0.1) is 6.04 Å². The van der Waals surface area contributed by atoms with E-state index < -0.39 is 0 Å². The molecule has 23 heavy (non-hydrogen) atoms. The van der Waals surface area contributed by atoms with E-state index in [2.05, 4.69) is 43.1 Å². The molecule has 0 spiro atoms. The van der Waals surface area contributed by atoms with E-state index in [4.69, 9.17) is 5.73 Å². The second-order valence-corrected chi connectivity index (χ2v) is 7.07. The molecule has 1 amide bonds. The number of hydrogen-bond acceptors (Lipinski definition) is 3. The van der Waals surface area contributed by atoms with Crippen molar-refractivity contribution >= 4 is 24.0 Å². The van der Waals surface area contributed by atoms with Gasteiger partial charge < -0.3 is 11.1 Å². The molecule has 4 nitrogen and oxygen atoms in total. The van der Waals surface area contributed by atoms with Crippen molar-refractivity contribution in [3.05, 3.63) is 29.8 Å². The Morgan fingerprint density at radius 1 is 1.39 bits per heavy atom. The first-order valence-corrected chi connectivity index (χ1v) is 8.23. The van der Waals surface area contributed by atoms with Gasteiger partial charge in [-0.15, -0.1) is 12.4 Å². The highest BCUT2D eigenvalue weighted by atomic mass is 35.5. The van der Waals surface area contributed by atoms with Crippen molar-refractivity contribution < 1.29 is 4.79 Å². The van der Waals surface area contributed by atoms with Gasteiger partial charge in [0.1, 0.15) is 0 Å². The standard InChI is InChI=1S/C18H29N3O.ClH/c1-5-14-6-8-15(9-7-14)20-17(22)13(2)21-11-10-16(19)18(3,4)12-21;/h6-9,13,16H,5,10-12,19H2,1-4H3,(H,20,22);1H. The van der Waals surface area contributed by atoms with Crippen molar-refractivity contribution in [2.75, 3.05) is 18.4 Å². The molecule has 2 rings (SSSR count). The lowest BCUT2D eigenvalue weighted by atomic mass is 9.79. The summed E-state index contributed by atoms with van der Waals surface area (Å²) in [5.41, 5.74) is 8.36. The van der Waals surface area contributed by atoms with Crippen LogP contribution in [-0.4, -0.2) is 36.0 Å². The number of anilines is 1. The first kappa shape index (κ1) is 19.9. The Kier molecular flexibility index (Phi) is 7.05. The van der Waals surface area contributed by atoms with Crippen LogP contribution in [0.2, 0.25) is 0 Å². The first-order chi connectivity index (χ1) is 10.3. The quantitative estimate of drug-likeness (QED) is 0.886. The summed E-state index contributed by atoms with van der Waals surface area (Å²) in [6.45, 7) is 10.2. The molecule has 2 unspecified atom stereocenters. The number of nitrogens with one attached hydrogen (secondary N) is 1. The van der Waals surface area contributed by atoms with Gasteiger partial charge in [0, 0.05) is 24.8 Å². The minimum Gasteiger partial charge on any atom is -0.327 e. The average molecular weight is 340 g/mol. The molecule has 0 saturated carbocycles. The zero-order valence-corrected chi connectivity index (χ0v) is 15.5. The van der Waals surface area contributed by atoms with Crippen LogP contribution in [0.3, 0.4) is 0 Å². The van der Waals surface area contributed by atoms with E-state index >= 15 is 0 Å². The van der Waals surface area contributed by atoms with E-state index in [0.29, 0.717) is 0 Å². The Morgan fingerprint density at radius 2 is 2.00 bits per heavy atom. The van der Waals surface area contributed by atoms with Crippen molar-refractivity contribution in [1.82, 2.24) is 4.90 Å². The predicted octanol–water partition coefficient (Wildman–Crippen LogP) is 3.06. The number of rotatable bonds is 4. The lowest BCUT2D eigenvalue weighted by molar-refractivity contribution is -0.122. The molecule has 1 aliphatic rings. The molecule has 1 aliphatic heterocycles. The fourth-order valence-electron chi connectivity index (χ4n) is 2.98. The molecule has 0 aliphatic carbocycles. The van der Waals surface area contributed by atoms with E-state index in [0.717, 1.165) is 31.6 Å². The Hall–Kier alpha value is -1.10. The summed E-state index contributed by atoms with van der Waals surface area (Å²) in [7, 11) is 0. The third kappa shape index (κ3) is 4.93. The van der Waals surface area contributed by atoms with Crippen LogP contribution < -0.4 is 11.1 Å². The number of nitrogens with zero attached hydrogens (tertiary/aromatic N) is 1. The largest absolute Gasteiger partial charge is 0.327 e. The highest BCUT2D eigenvalue weighted by Crippen LogP contribution is 2.29. The highest BCUT2D eigenvalue weighted by Gasteiger charge is 2.36. The lowest BCUT2D eigenvalue weighted by Gasteiger charge is -2.44. The van der Waals surface area contributed by atoms with Gasteiger partial charge in [0.2, 0.25) is 5.91 Å². The van der Waals surface area contributed by atoms with E-state index in [1.165, 1.54) is 5.56 Å². The number of nitrogens with two attached hydrogens (primary N) is 1. The normalized spacial score (nSPS) is 22.0. The van der Waals surface area contributed by atoms with Gasteiger partial charge in [-0.05, 0) is 42.9 Å². The number of benzene rings is 1. The van der Waals surface area contributed by atoms with Crippen molar-refractivity contribution in [3.63, 3.8) is 0 Å². The fourth-order valence-corrected chi connectivity index (χ4v) is 2.98. The van der Waals surface area contributed by atoms with Gasteiger partial charge in [-0.1, -0.05) is 32.9 Å². The van der Waals surface area contributed by atoms with Gasteiger partial charge in [-0.25, -0.2) is 0 Å². The van der Waals surface area contributed by atoms with Crippen LogP contribution in [0.1, 0.15) is 39.7 Å². The summed E-state index contributed by atoms with van der Waals surface area (Å²) in [4.78, 5) is 14.7. The fraction of sp³-hybridized carbons (Fsp3) is 0.611. The van der Waals surface area contributed by atoms with Crippen LogP contribution in [0.4, 0.5) is 5.69 Å². The van der Waals surface area contributed by atoms with E-state index in [1.807, 2.05) is 19.1 Å². The summed E-state index contributed by atoms with van der Waals surface area (Å²) in [5, 5.41) is 3.02. The summed E-state index contributed by atoms with van der Waals surface area (Å²) >= 11 is 0. The third-order valence-corrected chi connectivity index (χ3v) is 4.90. The maximum Gasteiger partial charge on any atom is 0.241 e. The Labute approximate surface area is 146 Å². The predicted molar refractivity (Wildman–Crippen MR) is 99.1 cm³/mol. The first-order valence-electron chi connectivity index (χ1n) is 8.23. The summed E-state index contributed by atoms with van der Waals surface area (Å²) < 4.78 is 0. The van der Waals surface area contributed by atoms with Crippen LogP contribution in [0.15, 0.2) is 24.3 Å². The van der Waals surface area contributed by atoms with Crippen LogP contribution in [-0.2, 0) is 11.2 Å².